The van der Waals surface area contributed by atoms with Crippen molar-refractivity contribution in [3.05, 3.63) is 84.4 Å². The Kier molecular flexibility index (Phi) is 10.2. The van der Waals surface area contributed by atoms with Crippen LogP contribution in [0.5, 0.6) is 0 Å². The van der Waals surface area contributed by atoms with Gasteiger partial charge in [0.15, 0.2) is 14.1 Å². The minimum absolute atomic E-state index is 0.00291. The number of aliphatic hydroxyl groups is 1. The number of carbonyl (C=O) groups excluding carboxylic acids is 1. The van der Waals surface area contributed by atoms with Gasteiger partial charge in [0.1, 0.15) is 24.9 Å². The molecule has 0 unspecified atom stereocenters. The molecule has 0 spiro atoms. The van der Waals surface area contributed by atoms with Crippen LogP contribution in [0.1, 0.15) is 45.7 Å². The summed E-state index contributed by atoms with van der Waals surface area (Å²) in [5, 5.41) is 11.3. The highest BCUT2D eigenvalue weighted by Gasteiger charge is 2.50. The lowest BCUT2D eigenvalue weighted by Crippen LogP contribution is -2.53. The fourth-order valence-corrected chi connectivity index (χ4v) is 5.32. The van der Waals surface area contributed by atoms with E-state index in [0.717, 1.165) is 11.1 Å². The molecule has 0 radical (unpaired) electrons. The number of amides is 1. The number of rotatable bonds is 11. The van der Waals surface area contributed by atoms with Crippen molar-refractivity contribution in [3.63, 3.8) is 0 Å². The van der Waals surface area contributed by atoms with E-state index in [1.807, 2.05) is 60.7 Å². The maximum atomic E-state index is 13.6. The number of hydrogen-bond acceptors (Lipinski definition) is 6. The third-order valence-corrected chi connectivity index (χ3v) is 12.0. The molecule has 0 aromatic heterocycles. The summed E-state index contributed by atoms with van der Waals surface area (Å²) in [6.45, 7) is 18.9. The fraction of sp³-hybridized carbons (Fsp3) is 0.516. The predicted octanol–water partition coefficient (Wildman–Crippen LogP) is 6.28. The zero-order valence-corrected chi connectivity index (χ0v) is 25.4. The summed E-state index contributed by atoms with van der Waals surface area (Å²) in [5.41, 5.74) is 1.82. The molecule has 1 aliphatic heterocycles. The molecule has 2 aromatic rings. The molecular weight excluding hydrogens is 510 g/mol. The lowest BCUT2D eigenvalue weighted by molar-refractivity contribution is -0.158. The maximum Gasteiger partial charge on any atom is 0.410 e. The van der Waals surface area contributed by atoms with Gasteiger partial charge in [-0.15, -0.1) is 6.58 Å². The van der Waals surface area contributed by atoms with Crippen molar-refractivity contribution in [2.45, 2.75) is 96.0 Å². The molecule has 1 aliphatic rings. The van der Waals surface area contributed by atoms with Crippen molar-refractivity contribution in [3.8, 4) is 0 Å². The van der Waals surface area contributed by atoms with Crippen LogP contribution in [0, 0.1) is 0 Å². The van der Waals surface area contributed by atoms with Crippen LogP contribution in [-0.2, 0) is 31.8 Å². The Hall–Kier alpha value is -2.49. The lowest BCUT2D eigenvalue weighted by atomic mass is 9.99. The molecule has 1 heterocycles. The molecule has 1 fully saturated rings. The Balaban J connectivity index is 1.86. The Morgan fingerprint density at radius 3 is 2.13 bits per heavy atom. The average molecular weight is 556 g/mol. The molecule has 1 N–H and O–H groups in total. The van der Waals surface area contributed by atoms with Gasteiger partial charge in [-0.1, -0.05) is 87.5 Å². The summed E-state index contributed by atoms with van der Waals surface area (Å²) in [7, 11) is -2.11. The molecule has 2 aromatic carbocycles. The zero-order valence-electron chi connectivity index (χ0n) is 24.4. The molecule has 0 aliphatic carbocycles. The summed E-state index contributed by atoms with van der Waals surface area (Å²) < 4.78 is 24.6. The minimum atomic E-state index is -2.11. The summed E-state index contributed by atoms with van der Waals surface area (Å²) in [4.78, 5) is 15.2. The van der Waals surface area contributed by atoms with Gasteiger partial charge in [0.05, 0.1) is 12.6 Å². The molecule has 8 heteroatoms. The van der Waals surface area contributed by atoms with E-state index in [9.17, 15) is 9.90 Å². The van der Waals surface area contributed by atoms with E-state index in [1.165, 1.54) is 0 Å². The van der Waals surface area contributed by atoms with Crippen molar-refractivity contribution in [2.75, 3.05) is 6.61 Å². The second-order valence-corrected chi connectivity index (χ2v) is 16.9. The molecule has 4 atom stereocenters. The van der Waals surface area contributed by atoms with Gasteiger partial charge < -0.3 is 23.7 Å². The summed E-state index contributed by atoms with van der Waals surface area (Å²) in [6.07, 6.45) is -1.24. The van der Waals surface area contributed by atoms with Crippen molar-refractivity contribution in [1.82, 2.24) is 4.90 Å². The van der Waals surface area contributed by atoms with Gasteiger partial charge in [0, 0.05) is 6.54 Å². The third kappa shape index (κ3) is 8.25. The van der Waals surface area contributed by atoms with E-state index in [0.29, 0.717) is 0 Å². The first-order valence-electron chi connectivity index (χ1n) is 13.6. The van der Waals surface area contributed by atoms with Crippen LogP contribution in [-0.4, -0.2) is 61.2 Å². The molecule has 7 nitrogen and oxygen atoms in total. The Morgan fingerprint density at radius 1 is 1.05 bits per heavy atom. The smallest absolute Gasteiger partial charge is 0.410 e. The Labute approximate surface area is 234 Å². The van der Waals surface area contributed by atoms with Crippen LogP contribution >= 0.6 is 0 Å². The molecular formula is C31H45NO6Si. The van der Waals surface area contributed by atoms with Crippen LogP contribution in [0.2, 0.25) is 18.1 Å². The van der Waals surface area contributed by atoms with Crippen LogP contribution < -0.4 is 0 Å². The average Bonchev–Trinajstić information content (AvgIpc) is 3.21. The van der Waals surface area contributed by atoms with E-state index in [2.05, 4.69) is 40.4 Å². The van der Waals surface area contributed by atoms with Crippen molar-refractivity contribution < 1.29 is 28.5 Å². The number of ether oxygens (including phenoxy) is 3. The second kappa shape index (κ2) is 12.8. The van der Waals surface area contributed by atoms with E-state index < -0.39 is 44.6 Å². The maximum absolute atomic E-state index is 13.6. The van der Waals surface area contributed by atoms with Crippen molar-refractivity contribution >= 4 is 14.4 Å². The highest BCUT2D eigenvalue weighted by molar-refractivity contribution is 6.74. The Bertz CT molecular complexity index is 1070. The van der Waals surface area contributed by atoms with Crippen LogP contribution in [0.4, 0.5) is 4.79 Å². The quantitative estimate of drug-likeness (QED) is 0.260. The molecule has 1 saturated heterocycles. The molecule has 39 heavy (non-hydrogen) atoms. The molecule has 0 bridgehead atoms. The number of carbonyl (C=O) groups is 1. The van der Waals surface area contributed by atoms with E-state index in [-0.39, 0.29) is 24.8 Å². The second-order valence-electron chi connectivity index (χ2n) is 12.1. The zero-order chi connectivity index (χ0) is 28.8. The molecule has 3 rings (SSSR count). The monoisotopic (exact) mass is 555 g/mol. The van der Waals surface area contributed by atoms with Crippen LogP contribution in [0.25, 0.3) is 0 Å². The van der Waals surface area contributed by atoms with Gasteiger partial charge in [0.25, 0.3) is 0 Å². The van der Waals surface area contributed by atoms with E-state index in [4.69, 9.17) is 18.6 Å². The van der Waals surface area contributed by atoms with Gasteiger partial charge in [-0.25, -0.2) is 4.79 Å². The van der Waals surface area contributed by atoms with Crippen LogP contribution in [0.3, 0.4) is 0 Å². The molecule has 1 amide bonds. The molecule has 0 saturated carbocycles. The third-order valence-electron chi connectivity index (χ3n) is 7.54. The van der Waals surface area contributed by atoms with E-state index in [1.54, 1.807) is 24.8 Å². The van der Waals surface area contributed by atoms with Gasteiger partial charge >= 0.3 is 6.09 Å². The lowest BCUT2D eigenvalue weighted by Gasteiger charge is -2.38. The highest BCUT2D eigenvalue weighted by atomic mass is 28.4. The standard InChI is InChI=1S/C31H45NO6Si/c1-9-25(27-28(38-31(5,6)37-27)26(33)22-36-39(7,8)30(2,3)4)32(20-23-16-12-10-13-17-23)29(34)35-21-24-18-14-11-15-19-24/h9-19,25-28,33H,1,20-22H2,2-8H3/t25-,26+,27-,28+/m0/s1. The number of aliphatic hydroxyl groups excluding tert-OH is 1. The van der Waals surface area contributed by atoms with Gasteiger partial charge in [-0.3, -0.25) is 4.90 Å². The van der Waals surface area contributed by atoms with Gasteiger partial charge in [-0.05, 0) is 43.1 Å². The first kappa shape index (κ1) is 31.0. The van der Waals surface area contributed by atoms with Crippen molar-refractivity contribution in [2.24, 2.45) is 0 Å². The highest BCUT2D eigenvalue weighted by Crippen LogP contribution is 2.38. The number of benzene rings is 2. The van der Waals surface area contributed by atoms with Crippen molar-refractivity contribution in [1.29, 1.82) is 0 Å². The van der Waals surface area contributed by atoms with Gasteiger partial charge in [-0.2, -0.15) is 0 Å². The first-order valence-corrected chi connectivity index (χ1v) is 16.5. The SMILES string of the molecule is C=C[C@@H]([C@@H]1OC(C)(C)O[C@@H]1[C@H](O)CO[Si](C)(C)C(C)(C)C)N(Cc1ccccc1)C(=O)OCc1ccccc1. The van der Waals surface area contributed by atoms with E-state index >= 15 is 0 Å². The molecule has 214 valence electrons. The van der Waals surface area contributed by atoms with Crippen LogP contribution in [0.15, 0.2) is 73.3 Å². The number of hydrogen-bond donors (Lipinski definition) is 1. The summed E-state index contributed by atoms with van der Waals surface area (Å²) in [6, 6.07) is 18.6. The number of nitrogens with zero attached hydrogens (tertiary/aromatic N) is 1. The first-order chi connectivity index (χ1) is 18.2. The Morgan fingerprint density at radius 2 is 1.59 bits per heavy atom. The largest absolute Gasteiger partial charge is 0.445 e. The van der Waals surface area contributed by atoms with Gasteiger partial charge in [0.2, 0.25) is 0 Å². The predicted molar refractivity (Wildman–Crippen MR) is 156 cm³/mol. The topological polar surface area (TPSA) is 77.5 Å². The summed E-state index contributed by atoms with van der Waals surface area (Å²) >= 11 is 0. The summed E-state index contributed by atoms with van der Waals surface area (Å²) in [5.74, 6) is -0.971. The normalized spacial score (nSPS) is 20.7. The fourth-order valence-electron chi connectivity index (χ4n) is 4.30. The minimum Gasteiger partial charge on any atom is -0.445 e.